The Labute approximate surface area is 76.5 Å². The van der Waals surface area contributed by atoms with Gasteiger partial charge in [-0.1, -0.05) is 0 Å². The Bertz CT molecular complexity index is 275. The van der Waals surface area contributed by atoms with Gasteiger partial charge in [0.25, 0.3) is 0 Å². The first kappa shape index (κ1) is 9.34. The number of likely N-dealkylation sites (tertiary alicyclic amines) is 1. The first-order valence-corrected chi connectivity index (χ1v) is 4.15. The molecule has 1 saturated heterocycles. The number of nitrogens with one attached hydrogen (secondary N) is 1. The molecule has 0 spiro atoms. The van der Waals surface area contributed by atoms with E-state index >= 15 is 0 Å². The average molecular weight is 178 g/mol. The van der Waals surface area contributed by atoms with Crippen molar-refractivity contribution in [1.82, 2.24) is 10.2 Å². The van der Waals surface area contributed by atoms with Crippen molar-refractivity contribution in [3.05, 3.63) is 0 Å². The zero-order valence-corrected chi connectivity index (χ0v) is 7.16. The van der Waals surface area contributed by atoms with Crippen LogP contribution in [0.15, 0.2) is 0 Å². The molecule has 0 bridgehead atoms. The second-order valence-corrected chi connectivity index (χ2v) is 2.88. The van der Waals surface area contributed by atoms with Gasteiger partial charge in [0.1, 0.15) is 6.04 Å². The van der Waals surface area contributed by atoms with Gasteiger partial charge in [-0.05, 0) is 19.3 Å². The Morgan fingerprint density at radius 3 is 2.85 bits per heavy atom. The fraction of sp³-hybridized carbons (Fsp3) is 0.625. The van der Waals surface area contributed by atoms with Crippen LogP contribution in [0, 0.1) is 22.8 Å². The normalized spacial score (nSPS) is 21.4. The van der Waals surface area contributed by atoms with Crippen molar-refractivity contribution in [3.8, 4) is 12.3 Å². The molecule has 1 aliphatic rings. The summed E-state index contributed by atoms with van der Waals surface area (Å²) in [5.41, 5.74) is 0. The molecule has 0 aliphatic carbocycles. The lowest BCUT2D eigenvalue weighted by molar-refractivity contribution is 0.173. The molecule has 1 aliphatic heterocycles. The summed E-state index contributed by atoms with van der Waals surface area (Å²) in [5.74, 6) is 0. The minimum Gasteiger partial charge on any atom is -0.308 e. The zero-order valence-electron chi connectivity index (χ0n) is 7.16. The lowest BCUT2D eigenvalue weighted by atomic mass is 10.0. The van der Waals surface area contributed by atoms with E-state index in [1.54, 1.807) is 6.19 Å². The highest BCUT2D eigenvalue weighted by Crippen LogP contribution is 2.15. The van der Waals surface area contributed by atoms with E-state index in [0.29, 0.717) is 13.0 Å². The summed E-state index contributed by atoms with van der Waals surface area (Å²) < 4.78 is 0. The second-order valence-electron chi connectivity index (χ2n) is 2.88. The minimum atomic E-state index is -0.464. The fourth-order valence-corrected chi connectivity index (χ4v) is 1.43. The van der Waals surface area contributed by atoms with E-state index < -0.39 is 6.03 Å². The van der Waals surface area contributed by atoms with Gasteiger partial charge >= 0.3 is 6.03 Å². The monoisotopic (exact) mass is 178 g/mol. The molecule has 1 unspecified atom stereocenters. The summed E-state index contributed by atoms with van der Waals surface area (Å²) in [6.07, 6.45) is 4.13. The molecule has 1 N–H and O–H groups in total. The number of rotatable bonds is 0. The number of amides is 2. The van der Waals surface area contributed by atoms with E-state index in [1.807, 2.05) is 11.4 Å². The number of urea groups is 1. The number of hydrogen-bond acceptors (Lipinski definition) is 3. The van der Waals surface area contributed by atoms with Crippen molar-refractivity contribution in [2.75, 3.05) is 6.54 Å². The maximum atomic E-state index is 11.2. The topological polar surface area (TPSA) is 79.9 Å². The third-order valence-electron chi connectivity index (χ3n) is 2.08. The maximum absolute atomic E-state index is 11.2. The van der Waals surface area contributed by atoms with Crippen LogP contribution in [0.5, 0.6) is 0 Å². The Morgan fingerprint density at radius 2 is 2.23 bits per heavy atom. The van der Waals surface area contributed by atoms with Crippen LogP contribution in [0.2, 0.25) is 0 Å². The van der Waals surface area contributed by atoms with Gasteiger partial charge in [0.2, 0.25) is 0 Å². The standard InChI is InChI=1S/C8H10N4O/c9-5-7-3-1-2-4-12(7)8(13)11-6-10/h7H,1-4H2,(H,11,13). The van der Waals surface area contributed by atoms with Gasteiger partial charge in [-0.15, -0.1) is 0 Å². The predicted molar refractivity (Wildman–Crippen MR) is 44.1 cm³/mol. The van der Waals surface area contributed by atoms with E-state index in [9.17, 15) is 4.79 Å². The summed E-state index contributed by atoms with van der Waals surface area (Å²) in [6, 6.07) is 1.21. The lowest BCUT2D eigenvalue weighted by Gasteiger charge is -2.30. The van der Waals surface area contributed by atoms with Crippen molar-refractivity contribution in [1.29, 1.82) is 10.5 Å². The average Bonchev–Trinajstić information content (AvgIpc) is 2.18. The zero-order chi connectivity index (χ0) is 9.68. The lowest BCUT2D eigenvalue weighted by Crippen LogP contribution is -2.46. The van der Waals surface area contributed by atoms with Crippen LogP contribution < -0.4 is 5.32 Å². The van der Waals surface area contributed by atoms with Crippen LogP contribution in [-0.2, 0) is 0 Å². The van der Waals surface area contributed by atoms with Gasteiger partial charge in [0, 0.05) is 6.54 Å². The molecule has 0 saturated carbocycles. The van der Waals surface area contributed by atoms with Crippen molar-refractivity contribution in [2.45, 2.75) is 25.3 Å². The summed E-state index contributed by atoms with van der Waals surface area (Å²) >= 11 is 0. The van der Waals surface area contributed by atoms with Crippen LogP contribution in [-0.4, -0.2) is 23.5 Å². The molecule has 0 radical (unpaired) electrons. The molecule has 1 heterocycles. The van der Waals surface area contributed by atoms with Gasteiger partial charge in [0.05, 0.1) is 6.07 Å². The number of hydrogen-bond donors (Lipinski definition) is 1. The molecule has 0 aromatic rings. The molecular weight excluding hydrogens is 168 g/mol. The van der Waals surface area contributed by atoms with Gasteiger partial charge < -0.3 is 4.90 Å². The van der Waals surface area contributed by atoms with E-state index in [-0.39, 0.29) is 6.04 Å². The molecule has 13 heavy (non-hydrogen) atoms. The number of nitrogens with zero attached hydrogens (tertiary/aromatic N) is 3. The summed E-state index contributed by atoms with van der Waals surface area (Å²) in [4.78, 5) is 12.6. The highest BCUT2D eigenvalue weighted by Gasteiger charge is 2.25. The number of piperidine rings is 1. The Morgan fingerprint density at radius 1 is 1.46 bits per heavy atom. The smallest absolute Gasteiger partial charge is 0.308 e. The molecule has 5 nitrogen and oxygen atoms in total. The van der Waals surface area contributed by atoms with E-state index in [1.165, 1.54) is 4.90 Å². The second kappa shape index (κ2) is 4.32. The maximum Gasteiger partial charge on any atom is 0.331 e. The number of carbonyl (C=O) groups excluding carboxylic acids is 1. The fourth-order valence-electron chi connectivity index (χ4n) is 1.43. The van der Waals surface area contributed by atoms with E-state index in [0.717, 1.165) is 12.8 Å². The van der Waals surface area contributed by atoms with Crippen LogP contribution in [0.1, 0.15) is 19.3 Å². The molecule has 68 valence electrons. The third-order valence-corrected chi connectivity index (χ3v) is 2.08. The van der Waals surface area contributed by atoms with Gasteiger partial charge in [-0.3, -0.25) is 0 Å². The predicted octanol–water partition coefficient (Wildman–Crippen LogP) is 0.555. The van der Waals surface area contributed by atoms with Crippen molar-refractivity contribution in [3.63, 3.8) is 0 Å². The summed E-state index contributed by atoms with van der Waals surface area (Å²) in [5, 5.41) is 19.0. The van der Waals surface area contributed by atoms with E-state index in [2.05, 4.69) is 0 Å². The third kappa shape index (κ3) is 2.09. The van der Waals surface area contributed by atoms with Crippen molar-refractivity contribution in [2.24, 2.45) is 0 Å². The van der Waals surface area contributed by atoms with Gasteiger partial charge in [0.15, 0.2) is 6.19 Å². The van der Waals surface area contributed by atoms with Crippen LogP contribution in [0.4, 0.5) is 4.79 Å². The largest absolute Gasteiger partial charge is 0.331 e. The minimum absolute atomic E-state index is 0.373. The highest BCUT2D eigenvalue weighted by atomic mass is 16.2. The SMILES string of the molecule is N#CNC(=O)N1CCCCC1C#N. The highest BCUT2D eigenvalue weighted by molar-refractivity contribution is 5.76. The molecule has 1 rings (SSSR count). The molecule has 0 aromatic heterocycles. The number of carbonyl (C=O) groups is 1. The van der Waals surface area contributed by atoms with Gasteiger partial charge in [-0.25, -0.2) is 10.1 Å². The van der Waals surface area contributed by atoms with Crippen LogP contribution in [0.3, 0.4) is 0 Å². The van der Waals surface area contributed by atoms with Crippen LogP contribution in [0.25, 0.3) is 0 Å². The van der Waals surface area contributed by atoms with Crippen molar-refractivity contribution < 1.29 is 4.79 Å². The van der Waals surface area contributed by atoms with Crippen molar-refractivity contribution >= 4 is 6.03 Å². The molecule has 1 atom stereocenters. The Hall–Kier alpha value is -1.75. The van der Waals surface area contributed by atoms with Gasteiger partial charge in [-0.2, -0.15) is 10.5 Å². The summed E-state index contributed by atoms with van der Waals surface area (Å²) in [6.45, 7) is 0.561. The van der Waals surface area contributed by atoms with Crippen LogP contribution >= 0.6 is 0 Å². The Balaban J connectivity index is 2.61. The summed E-state index contributed by atoms with van der Waals surface area (Å²) in [7, 11) is 0. The van der Waals surface area contributed by atoms with E-state index in [4.69, 9.17) is 10.5 Å². The molecule has 2 amide bonds. The molecular formula is C8H10N4O. The molecule has 5 heteroatoms. The molecule has 1 fully saturated rings. The first-order valence-electron chi connectivity index (χ1n) is 4.15. The molecule has 0 aromatic carbocycles. The Kier molecular flexibility index (Phi) is 3.10. The first-order chi connectivity index (χ1) is 6.29. The number of nitriles is 2. The quantitative estimate of drug-likeness (QED) is 0.434.